The maximum Gasteiger partial charge on any atom is 0.0985 e. The lowest BCUT2D eigenvalue weighted by atomic mass is 9.82. The molecular formula is C38H26N2S. The van der Waals surface area contributed by atoms with Crippen LogP contribution in [0.2, 0.25) is 0 Å². The topological polar surface area (TPSA) is 17.8 Å². The van der Waals surface area contributed by atoms with Gasteiger partial charge in [-0.25, -0.2) is 4.98 Å². The predicted octanol–water partition coefficient (Wildman–Crippen LogP) is 10.5. The van der Waals surface area contributed by atoms with E-state index in [2.05, 4.69) is 140 Å². The average Bonchev–Trinajstić information content (AvgIpc) is 3.63. The summed E-state index contributed by atoms with van der Waals surface area (Å²) in [7, 11) is 0. The van der Waals surface area contributed by atoms with Crippen molar-refractivity contribution in [2.75, 3.05) is 0 Å². The molecule has 5 aromatic carbocycles. The van der Waals surface area contributed by atoms with Crippen molar-refractivity contribution in [2.45, 2.75) is 19.3 Å². The lowest BCUT2D eigenvalue weighted by Crippen LogP contribution is -2.15. The van der Waals surface area contributed by atoms with Gasteiger partial charge in [-0.15, -0.1) is 11.3 Å². The van der Waals surface area contributed by atoms with Crippen molar-refractivity contribution in [3.63, 3.8) is 0 Å². The SMILES string of the molecule is CC1(C)c2ccccc2-c2ccc(-n3c4ccc(-c5ccccc5)nc4c4c5sc6ccccc6c5ccc43)cc21. The zero-order chi connectivity index (χ0) is 27.3. The van der Waals surface area contributed by atoms with Gasteiger partial charge in [-0.3, -0.25) is 0 Å². The molecule has 3 heteroatoms. The van der Waals surface area contributed by atoms with E-state index in [1.54, 1.807) is 0 Å². The molecule has 1 aliphatic carbocycles. The van der Waals surface area contributed by atoms with E-state index in [0.717, 1.165) is 22.3 Å². The molecule has 0 spiro atoms. The molecule has 1 aliphatic rings. The number of nitrogens with zero attached hydrogens (tertiary/aromatic N) is 2. The lowest BCUT2D eigenvalue weighted by molar-refractivity contribution is 0.660. The summed E-state index contributed by atoms with van der Waals surface area (Å²) in [6, 6.07) is 44.1. The molecule has 0 saturated carbocycles. The Hall–Kier alpha value is -4.73. The molecule has 0 atom stereocenters. The minimum atomic E-state index is -0.0574. The fraction of sp³-hybridized carbons (Fsp3) is 0.0789. The van der Waals surface area contributed by atoms with Gasteiger partial charge in [-0.05, 0) is 58.7 Å². The van der Waals surface area contributed by atoms with Crippen LogP contribution in [0.25, 0.3) is 70.2 Å². The van der Waals surface area contributed by atoms with Crippen molar-refractivity contribution in [3.8, 4) is 28.1 Å². The third kappa shape index (κ3) is 3.10. The molecule has 2 nitrogen and oxygen atoms in total. The van der Waals surface area contributed by atoms with Gasteiger partial charge in [0, 0.05) is 42.2 Å². The molecule has 0 radical (unpaired) electrons. The van der Waals surface area contributed by atoms with Crippen molar-refractivity contribution in [3.05, 3.63) is 132 Å². The third-order valence-corrected chi connectivity index (χ3v) is 10.2. The molecule has 0 aliphatic heterocycles. The normalized spacial score (nSPS) is 13.8. The molecule has 194 valence electrons. The molecule has 0 amide bonds. The number of hydrogen-bond acceptors (Lipinski definition) is 2. The summed E-state index contributed by atoms with van der Waals surface area (Å²) in [5, 5.41) is 3.85. The minimum Gasteiger partial charge on any atom is -0.308 e. The van der Waals surface area contributed by atoms with E-state index in [-0.39, 0.29) is 5.41 Å². The van der Waals surface area contributed by atoms with Gasteiger partial charge in [0.25, 0.3) is 0 Å². The first-order chi connectivity index (χ1) is 20.1. The lowest BCUT2D eigenvalue weighted by Gasteiger charge is -2.22. The van der Waals surface area contributed by atoms with Gasteiger partial charge in [0.05, 0.1) is 22.2 Å². The Morgan fingerprint density at radius 2 is 1.39 bits per heavy atom. The molecule has 9 rings (SSSR count). The van der Waals surface area contributed by atoms with Crippen molar-refractivity contribution in [2.24, 2.45) is 0 Å². The zero-order valence-corrected chi connectivity index (χ0v) is 23.7. The van der Waals surface area contributed by atoms with Crippen LogP contribution < -0.4 is 0 Å². The first-order valence-electron chi connectivity index (χ1n) is 14.2. The van der Waals surface area contributed by atoms with E-state index in [1.165, 1.54) is 59.0 Å². The van der Waals surface area contributed by atoms with E-state index < -0.39 is 0 Å². The van der Waals surface area contributed by atoms with Crippen LogP contribution in [-0.4, -0.2) is 9.55 Å². The number of pyridine rings is 1. The van der Waals surface area contributed by atoms with Crippen molar-refractivity contribution >= 4 is 53.4 Å². The Morgan fingerprint density at radius 3 is 2.29 bits per heavy atom. The van der Waals surface area contributed by atoms with Crippen molar-refractivity contribution in [1.82, 2.24) is 9.55 Å². The monoisotopic (exact) mass is 542 g/mol. The summed E-state index contributed by atoms with van der Waals surface area (Å²) in [5.74, 6) is 0. The minimum absolute atomic E-state index is 0.0574. The highest BCUT2D eigenvalue weighted by atomic mass is 32.1. The number of aromatic nitrogens is 2. The molecule has 0 bridgehead atoms. The van der Waals surface area contributed by atoms with Crippen LogP contribution >= 0.6 is 11.3 Å². The number of fused-ring (bicyclic) bond motifs is 10. The van der Waals surface area contributed by atoms with Crippen LogP contribution in [0.3, 0.4) is 0 Å². The van der Waals surface area contributed by atoms with E-state index in [1.807, 2.05) is 11.3 Å². The van der Waals surface area contributed by atoms with E-state index in [9.17, 15) is 0 Å². The van der Waals surface area contributed by atoms with Gasteiger partial charge in [-0.1, -0.05) is 98.8 Å². The van der Waals surface area contributed by atoms with Crippen molar-refractivity contribution in [1.29, 1.82) is 0 Å². The highest BCUT2D eigenvalue weighted by molar-refractivity contribution is 7.26. The molecular weight excluding hydrogens is 516 g/mol. The first kappa shape index (κ1) is 23.0. The van der Waals surface area contributed by atoms with Crippen LogP contribution in [0.15, 0.2) is 121 Å². The second kappa shape index (κ2) is 8.15. The van der Waals surface area contributed by atoms with Gasteiger partial charge < -0.3 is 4.57 Å². The smallest absolute Gasteiger partial charge is 0.0985 e. The number of rotatable bonds is 2. The van der Waals surface area contributed by atoms with Crippen LogP contribution in [-0.2, 0) is 5.41 Å². The number of hydrogen-bond donors (Lipinski definition) is 0. The summed E-state index contributed by atoms with van der Waals surface area (Å²) >= 11 is 1.87. The quantitative estimate of drug-likeness (QED) is 0.212. The maximum atomic E-state index is 5.36. The Balaban J connectivity index is 1.38. The highest BCUT2D eigenvalue weighted by Gasteiger charge is 2.35. The van der Waals surface area contributed by atoms with Gasteiger partial charge in [-0.2, -0.15) is 0 Å². The van der Waals surface area contributed by atoms with E-state index in [0.29, 0.717) is 0 Å². The molecule has 3 heterocycles. The summed E-state index contributed by atoms with van der Waals surface area (Å²) < 4.78 is 5.04. The zero-order valence-electron chi connectivity index (χ0n) is 22.8. The van der Waals surface area contributed by atoms with Gasteiger partial charge >= 0.3 is 0 Å². The summed E-state index contributed by atoms with van der Waals surface area (Å²) in [4.78, 5) is 5.36. The van der Waals surface area contributed by atoms with Crippen LogP contribution in [0.1, 0.15) is 25.0 Å². The van der Waals surface area contributed by atoms with Crippen LogP contribution in [0, 0.1) is 0 Å². The molecule has 41 heavy (non-hydrogen) atoms. The predicted molar refractivity (Wildman–Crippen MR) is 174 cm³/mol. The fourth-order valence-electron chi connectivity index (χ4n) is 7.02. The third-order valence-electron chi connectivity index (χ3n) is 9.01. The number of thiophene rings is 1. The maximum absolute atomic E-state index is 5.36. The summed E-state index contributed by atoms with van der Waals surface area (Å²) in [6.07, 6.45) is 0. The Kier molecular flexibility index (Phi) is 4.58. The summed E-state index contributed by atoms with van der Waals surface area (Å²) in [5.41, 5.74) is 12.1. The Bertz CT molecular complexity index is 2340. The molecule has 0 unspecified atom stereocenters. The van der Waals surface area contributed by atoms with E-state index >= 15 is 0 Å². The van der Waals surface area contributed by atoms with Gasteiger partial charge in [0.15, 0.2) is 0 Å². The molecule has 0 N–H and O–H groups in total. The van der Waals surface area contributed by atoms with Crippen molar-refractivity contribution < 1.29 is 0 Å². The van der Waals surface area contributed by atoms with Crippen LogP contribution in [0.4, 0.5) is 0 Å². The number of benzene rings is 5. The Morgan fingerprint density at radius 1 is 0.634 bits per heavy atom. The fourth-order valence-corrected chi connectivity index (χ4v) is 8.26. The average molecular weight is 543 g/mol. The largest absolute Gasteiger partial charge is 0.308 e. The van der Waals surface area contributed by atoms with Crippen LogP contribution in [0.5, 0.6) is 0 Å². The second-order valence-corrected chi connectivity index (χ2v) is 12.7. The highest BCUT2D eigenvalue weighted by Crippen LogP contribution is 2.50. The molecule has 3 aromatic heterocycles. The van der Waals surface area contributed by atoms with E-state index in [4.69, 9.17) is 4.98 Å². The molecule has 0 fully saturated rings. The van der Waals surface area contributed by atoms with Gasteiger partial charge in [0.2, 0.25) is 0 Å². The molecule has 8 aromatic rings. The van der Waals surface area contributed by atoms with Gasteiger partial charge in [0.1, 0.15) is 0 Å². The molecule has 0 saturated heterocycles. The second-order valence-electron chi connectivity index (χ2n) is 11.6. The standard InChI is InChI=1S/C38H26N2S/c1-38(2)29-14-8-6-12-25(29)26-17-16-24(22-30(26)38)40-32-20-18-28-27-13-7-9-15-34(27)41-37(28)35(32)36-33(40)21-19-31(39-36)23-10-4-3-5-11-23/h3-22H,1-2H3. The first-order valence-corrected chi connectivity index (χ1v) is 15.0. The summed E-state index contributed by atoms with van der Waals surface area (Å²) in [6.45, 7) is 4.70. The Labute approximate surface area is 242 Å².